The summed E-state index contributed by atoms with van der Waals surface area (Å²) in [5.74, 6) is 0. The molecular weight excluding hydrogens is 617 g/mol. The van der Waals surface area contributed by atoms with Crippen molar-refractivity contribution in [3.8, 4) is 33.4 Å². The molecule has 3 aromatic heterocycles. The first-order valence-corrected chi connectivity index (χ1v) is 17.4. The van der Waals surface area contributed by atoms with E-state index in [2.05, 4.69) is 146 Å². The number of hydrogen-bond donors (Lipinski definition) is 0. The summed E-state index contributed by atoms with van der Waals surface area (Å²) in [5, 5.41) is 10.8. The van der Waals surface area contributed by atoms with Crippen LogP contribution in [0.4, 0.5) is 0 Å². The van der Waals surface area contributed by atoms with Crippen LogP contribution in [0.1, 0.15) is 0 Å². The Hall–Kier alpha value is -6.16. The van der Waals surface area contributed by atoms with E-state index in [-0.39, 0.29) is 0 Å². The highest BCUT2D eigenvalue weighted by atomic mass is 32.1. The minimum atomic E-state index is 0.782. The fourth-order valence-corrected chi connectivity index (χ4v) is 9.04. The van der Waals surface area contributed by atoms with Gasteiger partial charge < -0.3 is 8.83 Å². The number of fused-ring (bicyclic) bond motifs is 10. The average molecular weight is 643 g/mol. The van der Waals surface area contributed by atoms with Crippen LogP contribution in [0.25, 0.3) is 108 Å². The molecule has 0 atom stereocenters. The van der Waals surface area contributed by atoms with Crippen molar-refractivity contribution in [1.82, 2.24) is 0 Å². The fourth-order valence-electron chi connectivity index (χ4n) is 7.95. The summed E-state index contributed by atoms with van der Waals surface area (Å²) in [4.78, 5) is 0. The van der Waals surface area contributed by atoms with E-state index >= 15 is 0 Å². The van der Waals surface area contributed by atoms with E-state index in [0.29, 0.717) is 0 Å². The molecular formula is C46H26O2S. The largest absolute Gasteiger partial charge is 0.460 e. The Labute approximate surface area is 285 Å². The van der Waals surface area contributed by atoms with Crippen molar-refractivity contribution in [3.63, 3.8) is 0 Å². The maximum Gasteiger partial charge on any atom is 0.178 e. The van der Waals surface area contributed by atoms with Crippen molar-refractivity contribution in [3.05, 3.63) is 158 Å². The van der Waals surface area contributed by atoms with Gasteiger partial charge >= 0.3 is 0 Å². The molecule has 0 fully saturated rings. The van der Waals surface area contributed by atoms with E-state index in [0.717, 1.165) is 49.6 Å². The predicted octanol–water partition coefficient (Wildman–Crippen LogP) is 14.0. The van der Waals surface area contributed by atoms with Gasteiger partial charge in [-0.05, 0) is 91.8 Å². The molecule has 0 amide bonds. The smallest absolute Gasteiger partial charge is 0.178 e. The molecule has 3 heterocycles. The van der Waals surface area contributed by atoms with Crippen molar-refractivity contribution < 1.29 is 8.83 Å². The third-order valence-corrected chi connectivity index (χ3v) is 11.3. The summed E-state index contributed by atoms with van der Waals surface area (Å²) in [7, 11) is 0. The standard InChI is InChI=1S/C46H26O2S/c1-2-10-27(11-3-1)39-26-47-45-36(39)21-20-35-37-24-28(18-22-40(37)48-46(35)45)43-31-13-4-6-15-33(31)44(34-16-7-5-14-32(34)43)29-19-23-42-38(25-29)30-12-8-9-17-41(30)49-42/h1-26H. The van der Waals surface area contributed by atoms with Gasteiger partial charge in [0.1, 0.15) is 5.58 Å². The minimum Gasteiger partial charge on any atom is -0.460 e. The molecule has 0 saturated carbocycles. The maximum atomic E-state index is 6.52. The summed E-state index contributed by atoms with van der Waals surface area (Å²) in [6.45, 7) is 0. The molecule has 3 heteroatoms. The third-order valence-electron chi connectivity index (χ3n) is 10.1. The van der Waals surface area contributed by atoms with E-state index in [1.54, 1.807) is 0 Å². The number of hydrogen-bond acceptors (Lipinski definition) is 3. The molecule has 228 valence electrons. The lowest BCUT2D eigenvalue weighted by molar-refractivity contribution is 0.600. The Morgan fingerprint density at radius 1 is 0.367 bits per heavy atom. The maximum absolute atomic E-state index is 6.52. The van der Waals surface area contributed by atoms with Gasteiger partial charge in [0.2, 0.25) is 0 Å². The predicted molar refractivity (Wildman–Crippen MR) is 208 cm³/mol. The Morgan fingerprint density at radius 2 is 0.939 bits per heavy atom. The van der Waals surface area contributed by atoms with Crippen LogP contribution in [-0.2, 0) is 0 Å². The van der Waals surface area contributed by atoms with Crippen LogP contribution in [-0.4, -0.2) is 0 Å². The van der Waals surface area contributed by atoms with Crippen LogP contribution in [0.15, 0.2) is 167 Å². The number of rotatable bonds is 3. The Balaban J connectivity index is 1.15. The number of furan rings is 2. The average Bonchev–Trinajstić information content (AvgIpc) is 3.87. The van der Waals surface area contributed by atoms with Crippen molar-refractivity contribution in [2.24, 2.45) is 0 Å². The van der Waals surface area contributed by atoms with Crippen molar-refractivity contribution in [2.45, 2.75) is 0 Å². The molecule has 0 spiro atoms. The molecule has 0 aliphatic carbocycles. The van der Waals surface area contributed by atoms with Crippen molar-refractivity contribution in [1.29, 1.82) is 0 Å². The van der Waals surface area contributed by atoms with Crippen LogP contribution in [0.3, 0.4) is 0 Å². The normalized spacial score (nSPS) is 12.1. The van der Waals surface area contributed by atoms with Crippen LogP contribution < -0.4 is 0 Å². The van der Waals surface area contributed by atoms with Gasteiger partial charge in [0, 0.05) is 41.9 Å². The molecule has 8 aromatic carbocycles. The van der Waals surface area contributed by atoms with Gasteiger partial charge in [-0.2, -0.15) is 0 Å². The second kappa shape index (κ2) is 10.2. The molecule has 11 aromatic rings. The van der Waals surface area contributed by atoms with Gasteiger partial charge in [-0.1, -0.05) is 109 Å². The number of benzene rings is 8. The fraction of sp³-hybridized carbons (Fsp3) is 0. The Morgan fingerprint density at radius 3 is 1.65 bits per heavy atom. The summed E-state index contributed by atoms with van der Waals surface area (Å²) < 4.78 is 15.4. The summed E-state index contributed by atoms with van der Waals surface area (Å²) in [5.41, 5.74) is 9.54. The monoisotopic (exact) mass is 642 g/mol. The van der Waals surface area contributed by atoms with Crippen molar-refractivity contribution >= 4 is 86.0 Å². The first-order valence-electron chi connectivity index (χ1n) is 16.6. The highest BCUT2D eigenvalue weighted by molar-refractivity contribution is 7.25. The zero-order valence-corrected chi connectivity index (χ0v) is 27.1. The highest BCUT2D eigenvalue weighted by Crippen LogP contribution is 2.47. The van der Waals surface area contributed by atoms with Gasteiger partial charge in [0.15, 0.2) is 11.2 Å². The summed E-state index contributed by atoms with van der Waals surface area (Å²) >= 11 is 1.86. The highest BCUT2D eigenvalue weighted by Gasteiger charge is 2.20. The van der Waals surface area contributed by atoms with E-state index in [1.165, 1.54) is 58.4 Å². The van der Waals surface area contributed by atoms with E-state index in [9.17, 15) is 0 Å². The summed E-state index contributed by atoms with van der Waals surface area (Å²) in [6.07, 6.45) is 1.84. The van der Waals surface area contributed by atoms with Gasteiger partial charge in [-0.15, -0.1) is 11.3 Å². The molecule has 2 nitrogen and oxygen atoms in total. The van der Waals surface area contributed by atoms with Gasteiger partial charge in [0.25, 0.3) is 0 Å². The Bertz CT molecular complexity index is 3050. The molecule has 11 rings (SSSR count). The quantitative estimate of drug-likeness (QED) is 0.179. The van der Waals surface area contributed by atoms with E-state index in [4.69, 9.17) is 8.83 Å². The number of thiophene rings is 1. The van der Waals surface area contributed by atoms with Gasteiger partial charge in [0.05, 0.1) is 6.26 Å². The molecule has 0 unspecified atom stereocenters. The van der Waals surface area contributed by atoms with Crippen molar-refractivity contribution in [2.75, 3.05) is 0 Å². The van der Waals surface area contributed by atoms with Crippen LogP contribution >= 0.6 is 11.3 Å². The van der Waals surface area contributed by atoms with Crippen LogP contribution in [0, 0.1) is 0 Å². The topological polar surface area (TPSA) is 26.3 Å². The molecule has 0 bridgehead atoms. The zero-order chi connectivity index (χ0) is 32.1. The molecule has 49 heavy (non-hydrogen) atoms. The molecule has 0 radical (unpaired) electrons. The second-order valence-electron chi connectivity index (χ2n) is 12.8. The third kappa shape index (κ3) is 3.88. The van der Waals surface area contributed by atoms with Gasteiger partial charge in [-0.3, -0.25) is 0 Å². The molecule has 0 aliphatic heterocycles. The lowest BCUT2D eigenvalue weighted by atomic mass is 9.85. The first kappa shape index (κ1) is 26.9. The molecule has 0 aliphatic rings. The van der Waals surface area contributed by atoms with Crippen LogP contribution in [0.2, 0.25) is 0 Å². The Kier molecular flexibility index (Phi) is 5.57. The van der Waals surface area contributed by atoms with Crippen LogP contribution in [0.5, 0.6) is 0 Å². The van der Waals surface area contributed by atoms with Gasteiger partial charge in [-0.25, -0.2) is 0 Å². The van der Waals surface area contributed by atoms with E-state index in [1.807, 2.05) is 23.7 Å². The molecule has 0 N–H and O–H groups in total. The zero-order valence-electron chi connectivity index (χ0n) is 26.2. The van der Waals surface area contributed by atoms with E-state index < -0.39 is 0 Å². The molecule has 0 saturated heterocycles. The summed E-state index contributed by atoms with van der Waals surface area (Å²) in [6, 6.07) is 54.8. The lowest BCUT2D eigenvalue weighted by Gasteiger charge is -2.18. The second-order valence-corrected chi connectivity index (χ2v) is 13.9. The first-order chi connectivity index (χ1) is 24.3. The lowest BCUT2D eigenvalue weighted by Crippen LogP contribution is -1.90. The SMILES string of the molecule is c1ccc(-c2coc3c2ccc2c4cc(-c5c6ccccc6c(-c6ccc7sc8ccccc8c7c6)c6ccccc56)ccc4oc23)cc1. The minimum absolute atomic E-state index is 0.782.